The van der Waals surface area contributed by atoms with E-state index < -0.39 is 17.4 Å². The van der Waals surface area contributed by atoms with E-state index >= 15 is 0 Å². The topological polar surface area (TPSA) is 112 Å². The maximum atomic E-state index is 13.4. The van der Waals surface area contributed by atoms with Gasteiger partial charge in [0.1, 0.15) is 12.7 Å². The Morgan fingerprint density at radius 3 is 2.40 bits per heavy atom. The van der Waals surface area contributed by atoms with E-state index in [0.29, 0.717) is 43.5 Å². The molecule has 1 aromatic rings. The van der Waals surface area contributed by atoms with Crippen LogP contribution in [0.4, 0.5) is 0 Å². The second kappa shape index (κ2) is 11.1. The van der Waals surface area contributed by atoms with Gasteiger partial charge in [-0.1, -0.05) is 80.9 Å². The van der Waals surface area contributed by atoms with Crippen molar-refractivity contribution >= 4 is 5.97 Å². The van der Waals surface area contributed by atoms with Gasteiger partial charge in [0, 0.05) is 16.4 Å². The molecule has 3 saturated carbocycles. The Labute approximate surface area is 284 Å². The summed E-state index contributed by atoms with van der Waals surface area (Å²) in [5.74, 6) is 0.468. The van der Waals surface area contributed by atoms with Gasteiger partial charge in [-0.15, -0.1) is 0 Å². The summed E-state index contributed by atoms with van der Waals surface area (Å²) in [5.41, 5.74) is 6.70. The predicted molar refractivity (Wildman–Crippen MR) is 184 cm³/mol. The number of aromatic nitrogens is 3. The lowest BCUT2D eigenvalue weighted by Gasteiger charge is -2.71. The van der Waals surface area contributed by atoms with Gasteiger partial charge in [-0.2, -0.15) is 5.10 Å². The number of carboxylic acids is 1. The highest BCUT2D eigenvalue weighted by Crippen LogP contribution is 2.75. The second-order valence-corrected chi connectivity index (χ2v) is 19.4. The average Bonchev–Trinajstić information content (AvgIpc) is 3.50. The van der Waals surface area contributed by atoms with Crippen LogP contribution in [0.5, 0.6) is 0 Å². The van der Waals surface area contributed by atoms with Gasteiger partial charge in [-0.25, -0.2) is 9.67 Å². The van der Waals surface area contributed by atoms with Crippen LogP contribution in [0.1, 0.15) is 121 Å². The SMILES string of the molecule is CC(C)[C@@H](C)[C@@]1(C)CC[C@]2(C)[C@H]3CC[C@H]4C5(C)COC[C@@]4(C[C@@H](n4cncn4)[C@@H]5OC[C@](C)(N)C(C)(C)C)C3=CC[C@@]2(C)[C@@H]1C(=O)O. The summed E-state index contributed by atoms with van der Waals surface area (Å²) in [6.45, 7) is 26.7. The largest absolute Gasteiger partial charge is 0.481 e. The first-order chi connectivity index (χ1) is 21.7. The molecule has 8 nitrogen and oxygen atoms in total. The van der Waals surface area contributed by atoms with E-state index in [1.54, 1.807) is 6.33 Å². The molecule has 5 aliphatic rings. The highest BCUT2D eigenvalue weighted by atomic mass is 16.5. The van der Waals surface area contributed by atoms with Crippen LogP contribution in [0, 0.1) is 62.1 Å². The monoisotopic (exact) mass is 652 g/mol. The fourth-order valence-corrected chi connectivity index (χ4v) is 12.0. The first-order valence-electron chi connectivity index (χ1n) is 18.5. The third kappa shape index (κ3) is 4.80. The van der Waals surface area contributed by atoms with Crippen LogP contribution in [0.15, 0.2) is 24.3 Å². The molecule has 1 saturated heterocycles. The standard InChI is InChI=1S/C39H64N4O4/c1-24(2)25(3)34(7)16-17-36(9)26-12-13-29-35(8)19-46-21-39(29,27(26)14-15-37(36,10)30(34)32(44)45)18-28(43-23-41-22-42-43)31(35)47-20-38(11,40)33(4,5)6/h14,22-26,28-31H,12-13,15-21,40H2,1-11H3,(H,44,45)/t25-,26+,28-,29+,30-,31+,34-,35?,36-,37+,38+,39+/m1/s1. The Morgan fingerprint density at radius 1 is 1.11 bits per heavy atom. The molecule has 12 atom stereocenters. The molecular weight excluding hydrogens is 588 g/mol. The first kappa shape index (κ1) is 35.1. The first-order valence-corrected chi connectivity index (χ1v) is 18.5. The summed E-state index contributed by atoms with van der Waals surface area (Å²) in [6, 6.07) is -0.00695. The summed E-state index contributed by atoms with van der Waals surface area (Å²) >= 11 is 0. The van der Waals surface area contributed by atoms with Crippen LogP contribution < -0.4 is 5.73 Å². The molecule has 1 aliphatic heterocycles. The number of aliphatic carboxylic acids is 1. The second-order valence-electron chi connectivity index (χ2n) is 19.4. The Morgan fingerprint density at radius 2 is 1.81 bits per heavy atom. The van der Waals surface area contributed by atoms with Gasteiger partial charge >= 0.3 is 5.97 Å². The molecule has 264 valence electrons. The van der Waals surface area contributed by atoms with Crippen LogP contribution in [-0.2, 0) is 14.3 Å². The lowest BCUT2D eigenvalue weighted by atomic mass is 9.34. The molecule has 2 heterocycles. The molecule has 1 aromatic heterocycles. The molecule has 0 radical (unpaired) electrons. The number of rotatable bonds is 7. The predicted octanol–water partition coefficient (Wildman–Crippen LogP) is 7.56. The Balaban J connectivity index is 1.43. The van der Waals surface area contributed by atoms with Gasteiger partial charge in [-0.05, 0) is 90.8 Å². The number of ether oxygens (including phenoxy) is 2. The van der Waals surface area contributed by atoms with Gasteiger partial charge in [0.25, 0.3) is 0 Å². The summed E-state index contributed by atoms with van der Waals surface area (Å²) < 4.78 is 15.8. The fraction of sp³-hybridized carbons (Fsp3) is 0.872. The van der Waals surface area contributed by atoms with Crippen molar-refractivity contribution in [2.45, 2.75) is 132 Å². The third-order valence-electron chi connectivity index (χ3n) is 16.1. The van der Waals surface area contributed by atoms with E-state index in [1.165, 1.54) is 5.57 Å². The van der Waals surface area contributed by atoms with Crippen molar-refractivity contribution in [2.75, 3.05) is 19.8 Å². The zero-order valence-corrected chi connectivity index (χ0v) is 31.2. The molecule has 6 rings (SSSR count). The summed E-state index contributed by atoms with van der Waals surface area (Å²) in [5, 5.41) is 15.7. The van der Waals surface area contributed by atoms with E-state index in [1.807, 2.05) is 11.0 Å². The number of nitrogens with two attached hydrogens (primary N) is 1. The van der Waals surface area contributed by atoms with Gasteiger partial charge in [-0.3, -0.25) is 4.79 Å². The van der Waals surface area contributed by atoms with E-state index in [4.69, 9.17) is 20.3 Å². The lowest BCUT2D eigenvalue weighted by Crippen LogP contribution is -2.69. The maximum absolute atomic E-state index is 13.4. The molecule has 8 heteroatoms. The molecule has 47 heavy (non-hydrogen) atoms. The number of fused-ring (bicyclic) bond motifs is 3. The highest BCUT2D eigenvalue weighted by molar-refractivity contribution is 5.73. The van der Waals surface area contributed by atoms with Gasteiger partial charge in [0.05, 0.1) is 37.9 Å². The Bertz CT molecular complexity index is 1380. The number of hydrogen-bond donors (Lipinski definition) is 2. The number of carboxylic acid groups (broad SMARTS) is 1. The van der Waals surface area contributed by atoms with Crippen molar-refractivity contribution in [3.8, 4) is 0 Å². The molecule has 0 aromatic carbocycles. The zero-order valence-electron chi connectivity index (χ0n) is 31.2. The van der Waals surface area contributed by atoms with Crippen LogP contribution in [0.2, 0.25) is 0 Å². The van der Waals surface area contributed by atoms with Crippen molar-refractivity contribution in [1.82, 2.24) is 14.8 Å². The summed E-state index contributed by atoms with van der Waals surface area (Å²) in [6.07, 6.45) is 11.7. The molecule has 3 N–H and O–H groups in total. The fourth-order valence-electron chi connectivity index (χ4n) is 12.0. The quantitative estimate of drug-likeness (QED) is 0.293. The molecule has 2 bridgehead atoms. The van der Waals surface area contributed by atoms with Crippen molar-refractivity contribution in [2.24, 2.45) is 67.8 Å². The Hall–Kier alpha value is -1.77. The number of nitrogens with zero attached hydrogens (tertiary/aromatic N) is 3. The number of allylic oxidation sites excluding steroid dienone is 1. The maximum Gasteiger partial charge on any atom is 0.307 e. The average molecular weight is 653 g/mol. The third-order valence-corrected chi connectivity index (χ3v) is 16.1. The zero-order chi connectivity index (χ0) is 34.6. The van der Waals surface area contributed by atoms with Crippen LogP contribution in [-0.4, -0.2) is 57.3 Å². The highest BCUT2D eigenvalue weighted by Gasteiger charge is 2.72. The van der Waals surface area contributed by atoms with Crippen LogP contribution >= 0.6 is 0 Å². The van der Waals surface area contributed by atoms with Crippen molar-refractivity contribution in [1.29, 1.82) is 0 Å². The van der Waals surface area contributed by atoms with Crippen molar-refractivity contribution in [3.05, 3.63) is 24.3 Å². The lowest BCUT2D eigenvalue weighted by molar-refractivity contribution is -0.253. The van der Waals surface area contributed by atoms with Crippen LogP contribution in [0.25, 0.3) is 0 Å². The summed E-state index contributed by atoms with van der Waals surface area (Å²) in [4.78, 5) is 17.8. The molecule has 0 amide bonds. The molecule has 4 fully saturated rings. The van der Waals surface area contributed by atoms with E-state index in [9.17, 15) is 9.90 Å². The molecular formula is C39H64N4O4. The Kier molecular flexibility index (Phi) is 8.29. The minimum absolute atomic E-state index is 0.00695. The number of hydrogen-bond acceptors (Lipinski definition) is 6. The summed E-state index contributed by atoms with van der Waals surface area (Å²) in [7, 11) is 0. The van der Waals surface area contributed by atoms with Gasteiger partial charge in [0.2, 0.25) is 0 Å². The molecule has 0 spiro atoms. The smallest absolute Gasteiger partial charge is 0.307 e. The normalized spacial score (nSPS) is 45.2. The van der Waals surface area contributed by atoms with Gasteiger partial charge < -0.3 is 20.3 Å². The number of carbonyl (C=O) groups is 1. The van der Waals surface area contributed by atoms with E-state index in [-0.39, 0.29) is 44.6 Å². The molecule has 1 unspecified atom stereocenters. The van der Waals surface area contributed by atoms with Gasteiger partial charge in [0.15, 0.2) is 0 Å². The molecule has 4 aliphatic carbocycles. The van der Waals surface area contributed by atoms with Crippen LogP contribution in [0.3, 0.4) is 0 Å². The van der Waals surface area contributed by atoms with Crippen molar-refractivity contribution in [3.63, 3.8) is 0 Å². The minimum Gasteiger partial charge on any atom is -0.481 e. The van der Waals surface area contributed by atoms with E-state index in [2.05, 4.69) is 87.2 Å². The van der Waals surface area contributed by atoms with E-state index in [0.717, 1.165) is 38.5 Å². The van der Waals surface area contributed by atoms with Crippen molar-refractivity contribution < 1.29 is 19.4 Å². The minimum atomic E-state index is -0.614.